The van der Waals surface area contributed by atoms with Gasteiger partial charge < -0.3 is 10.6 Å². The highest BCUT2D eigenvalue weighted by Gasteiger charge is 2.27. The summed E-state index contributed by atoms with van der Waals surface area (Å²) in [6.07, 6.45) is 0. The van der Waals surface area contributed by atoms with Gasteiger partial charge in [-0.15, -0.1) is 0 Å². The van der Waals surface area contributed by atoms with Crippen molar-refractivity contribution in [2.75, 3.05) is 10.6 Å². The molecule has 0 spiro atoms. The number of aromatic nitrogens is 1. The maximum absolute atomic E-state index is 12.3. The summed E-state index contributed by atoms with van der Waals surface area (Å²) in [5, 5.41) is 6.86. The summed E-state index contributed by atoms with van der Waals surface area (Å²) in [7, 11) is 0. The van der Waals surface area contributed by atoms with E-state index in [2.05, 4.69) is 15.0 Å². The zero-order chi connectivity index (χ0) is 13.9. The topological polar surface area (TPSA) is 54.0 Å². The molecule has 1 aromatic carbocycles. The first-order valence-corrected chi connectivity index (χ1v) is 6.83. The van der Waals surface area contributed by atoms with Gasteiger partial charge in [-0.1, -0.05) is 18.2 Å². The van der Waals surface area contributed by atoms with Crippen molar-refractivity contribution in [1.29, 1.82) is 0 Å². The maximum atomic E-state index is 12.3. The van der Waals surface area contributed by atoms with Crippen LogP contribution in [0.1, 0.15) is 19.5 Å². The first kappa shape index (κ1) is 13.5. The minimum Gasteiger partial charge on any atom is -0.372 e. The fourth-order valence-electron chi connectivity index (χ4n) is 1.63. The Bertz CT molecular complexity index is 563. The summed E-state index contributed by atoms with van der Waals surface area (Å²) >= 11 is 1.29. The van der Waals surface area contributed by atoms with Crippen molar-refractivity contribution in [3.63, 3.8) is 0 Å². The molecule has 0 fully saturated rings. The molecule has 0 saturated carbocycles. The lowest BCUT2D eigenvalue weighted by Crippen LogP contribution is -2.44. The lowest BCUT2D eigenvalue weighted by Gasteiger charge is -2.25. The Morgan fingerprint density at radius 3 is 2.53 bits per heavy atom. The van der Waals surface area contributed by atoms with Crippen LogP contribution in [0, 0.1) is 6.92 Å². The lowest BCUT2D eigenvalue weighted by molar-refractivity contribution is -0.119. The molecule has 2 N–H and O–H groups in total. The molecule has 0 saturated heterocycles. The molecule has 0 bridgehead atoms. The minimum atomic E-state index is -0.695. The number of rotatable bonds is 4. The van der Waals surface area contributed by atoms with E-state index in [4.69, 9.17) is 0 Å². The molecule has 1 heterocycles. The smallest absolute Gasteiger partial charge is 0.250 e. The van der Waals surface area contributed by atoms with Gasteiger partial charge in [0.2, 0.25) is 5.91 Å². The van der Waals surface area contributed by atoms with Crippen molar-refractivity contribution in [2.24, 2.45) is 0 Å². The van der Waals surface area contributed by atoms with Crippen molar-refractivity contribution < 1.29 is 4.79 Å². The SMILES string of the molecule is Cc1cc(NC(=O)C(C)(C)Nc2ccccc2)sn1. The normalized spacial score (nSPS) is 11.1. The zero-order valence-electron chi connectivity index (χ0n) is 11.2. The van der Waals surface area contributed by atoms with Crippen molar-refractivity contribution in [3.05, 3.63) is 42.1 Å². The second kappa shape index (κ2) is 5.40. The van der Waals surface area contributed by atoms with E-state index in [1.54, 1.807) is 0 Å². The number of carbonyl (C=O) groups is 1. The van der Waals surface area contributed by atoms with E-state index in [1.165, 1.54) is 11.5 Å². The Labute approximate surface area is 117 Å². The van der Waals surface area contributed by atoms with Crippen LogP contribution in [0.2, 0.25) is 0 Å². The van der Waals surface area contributed by atoms with Crippen LogP contribution < -0.4 is 10.6 Å². The number of nitrogens with one attached hydrogen (secondary N) is 2. The van der Waals surface area contributed by atoms with Gasteiger partial charge in [-0.05, 0) is 50.5 Å². The molecule has 0 radical (unpaired) electrons. The summed E-state index contributed by atoms with van der Waals surface area (Å²) in [6.45, 7) is 5.60. The molecule has 1 amide bonds. The van der Waals surface area contributed by atoms with E-state index in [0.717, 1.165) is 16.4 Å². The third-order valence-corrected chi connectivity index (χ3v) is 3.46. The Balaban J connectivity index is 2.04. The van der Waals surface area contributed by atoms with E-state index in [1.807, 2.05) is 57.2 Å². The second-order valence-electron chi connectivity index (χ2n) is 4.90. The zero-order valence-corrected chi connectivity index (χ0v) is 12.0. The van der Waals surface area contributed by atoms with Gasteiger partial charge in [0.15, 0.2) is 0 Å². The molecular formula is C14H17N3OS. The van der Waals surface area contributed by atoms with Crippen LogP contribution in [-0.2, 0) is 4.79 Å². The van der Waals surface area contributed by atoms with Gasteiger partial charge in [0, 0.05) is 5.69 Å². The van der Waals surface area contributed by atoms with Crippen LogP contribution in [0.15, 0.2) is 36.4 Å². The van der Waals surface area contributed by atoms with E-state index in [-0.39, 0.29) is 5.91 Å². The van der Waals surface area contributed by atoms with Crippen molar-refractivity contribution in [1.82, 2.24) is 4.37 Å². The molecule has 5 heteroatoms. The van der Waals surface area contributed by atoms with Crippen LogP contribution in [0.25, 0.3) is 0 Å². The number of para-hydroxylation sites is 1. The van der Waals surface area contributed by atoms with E-state index < -0.39 is 5.54 Å². The van der Waals surface area contributed by atoms with Gasteiger partial charge in [0.05, 0.1) is 5.69 Å². The van der Waals surface area contributed by atoms with Crippen molar-refractivity contribution in [2.45, 2.75) is 26.3 Å². The summed E-state index contributed by atoms with van der Waals surface area (Å²) in [5.74, 6) is -0.0833. The van der Waals surface area contributed by atoms with Gasteiger partial charge in [-0.25, -0.2) is 0 Å². The molecule has 0 aliphatic heterocycles. The molecule has 19 heavy (non-hydrogen) atoms. The predicted octanol–water partition coefficient (Wildman–Crippen LogP) is 3.28. The van der Waals surface area contributed by atoms with Gasteiger partial charge in [-0.2, -0.15) is 4.37 Å². The third-order valence-electron chi connectivity index (χ3n) is 2.66. The highest BCUT2D eigenvalue weighted by molar-refractivity contribution is 7.10. The van der Waals surface area contributed by atoms with E-state index in [0.29, 0.717) is 0 Å². The summed E-state index contributed by atoms with van der Waals surface area (Å²) in [5.41, 5.74) is 1.14. The first-order chi connectivity index (χ1) is 8.97. The van der Waals surface area contributed by atoms with Crippen LogP contribution in [-0.4, -0.2) is 15.8 Å². The fourth-order valence-corrected chi connectivity index (χ4v) is 2.29. The molecule has 2 aromatic rings. The minimum absolute atomic E-state index is 0.0833. The molecule has 0 aliphatic rings. The quantitative estimate of drug-likeness (QED) is 0.900. The number of nitrogens with zero attached hydrogens (tertiary/aromatic N) is 1. The van der Waals surface area contributed by atoms with Crippen LogP contribution >= 0.6 is 11.5 Å². The molecule has 4 nitrogen and oxygen atoms in total. The molecule has 0 unspecified atom stereocenters. The maximum Gasteiger partial charge on any atom is 0.250 e. The van der Waals surface area contributed by atoms with Gasteiger partial charge >= 0.3 is 0 Å². The Morgan fingerprint density at radius 2 is 1.95 bits per heavy atom. The number of hydrogen-bond donors (Lipinski definition) is 2. The number of amides is 1. The van der Waals surface area contributed by atoms with Gasteiger partial charge in [0.25, 0.3) is 0 Å². The first-order valence-electron chi connectivity index (χ1n) is 6.05. The van der Waals surface area contributed by atoms with Crippen LogP contribution in [0.3, 0.4) is 0 Å². The average molecular weight is 275 g/mol. The summed E-state index contributed by atoms with van der Waals surface area (Å²) in [6, 6.07) is 11.5. The highest BCUT2D eigenvalue weighted by Crippen LogP contribution is 2.20. The van der Waals surface area contributed by atoms with E-state index in [9.17, 15) is 4.79 Å². The lowest BCUT2D eigenvalue weighted by atomic mass is 10.0. The molecule has 100 valence electrons. The van der Waals surface area contributed by atoms with E-state index >= 15 is 0 Å². The number of aryl methyl sites for hydroxylation is 1. The predicted molar refractivity (Wildman–Crippen MR) is 79.6 cm³/mol. The largest absolute Gasteiger partial charge is 0.372 e. The summed E-state index contributed by atoms with van der Waals surface area (Å²) in [4.78, 5) is 12.3. The molecule has 0 aliphatic carbocycles. The second-order valence-corrected chi connectivity index (χ2v) is 5.71. The Morgan fingerprint density at radius 1 is 1.26 bits per heavy atom. The summed E-state index contributed by atoms with van der Waals surface area (Å²) < 4.78 is 4.14. The van der Waals surface area contributed by atoms with Gasteiger partial charge in [0.1, 0.15) is 10.5 Å². The molecule has 0 atom stereocenters. The number of anilines is 2. The number of benzene rings is 1. The van der Waals surface area contributed by atoms with Crippen LogP contribution in [0.4, 0.5) is 10.7 Å². The molecular weight excluding hydrogens is 258 g/mol. The standard InChI is InChI=1S/C14H17N3OS/c1-10-9-12(19-17-10)15-13(18)14(2,3)16-11-7-5-4-6-8-11/h4-9,16H,1-3H3,(H,15,18). The monoisotopic (exact) mass is 275 g/mol. The average Bonchev–Trinajstić information content (AvgIpc) is 2.75. The number of carbonyl (C=O) groups excluding carboxylic acids is 1. The highest BCUT2D eigenvalue weighted by atomic mass is 32.1. The fraction of sp³-hybridized carbons (Fsp3) is 0.286. The molecule has 2 rings (SSSR count). The Hall–Kier alpha value is -1.88. The van der Waals surface area contributed by atoms with Crippen molar-refractivity contribution >= 4 is 28.1 Å². The Kier molecular flexibility index (Phi) is 3.85. The van der Waals surface area contributed by atoms with Crippen LogP contribution in [0.5, 0.6) is 0 Å². The third kappa shape index (κ3) is 3.54. The number of hydrogen-bond acceptors (Lipinski definition) is 4. The molecule has 1 aromatic heterocycles. The van der Waals surface area contributed by atoms with Gasteiger partial charge in [-0.3, -0.25) is 4.79 Å². The van der Waals surface area contributed by atoms with Crippen molar-refractivity contribution in [3.8, 4) is 0 Å².